The SMILES string of the molecule is Cc1cc(NC(=O)c2ccco2)sc1C(=O)NCCOc1cccc(C(F)(F)F)c1. The second-order valence-electron chi connectivity index (χ2n) is 6.18. The number of nitrogens with one attached hydrogen (secondary N) is 2. The third-order valence-electron chi connectivity index (χ3n) is 3.92. The van der Waals surface area contributed by atoms with Crippen LogP contribution in [0.5, 0.6) is 5.75 Å². The van der Waals surface area contributed by atoms with Crippen LogP contribution in [0, 0.1) is 6.92 Å². The standard InChI is InChI=1S/C20H17F3N2O4S/c1-12-10-16(25-18(26)15-6-3-8-29-15)30-17(12)19(27)24-7-9-28-14-5-2-4-13(11-14)20(21,22)23/h2-6,8,10-11H,7,9H2,1H3,(H,24,27)(H,25,26). The van der Waals surface area contributed by atoms with E-state index in [2.05, 4.69) is 10.6 Å². The summed E-state index contributed by atoms with van der Waals surface area (Å²) < 4.78 is 48.4. The first-order chi connectivity index (χ1) is 14.2. The number of hydrogen-bond acceptors (Lipinski definition) is 5. The van der Waals surface area contributed by atoms with Gasteiger partial charge in [0.2, 0.25) is 0 Å². The van der Waals surface area contributed by atoms with Crippen molar-refractivity contribution in [1.82, 2.24) is 5.32 Å². The molecule has 30 heavy (non-hydrogen) atoms. The summed E-state index contributed by atoms with van der Waals surface area (Å²) in [5, 5.41) is 5.78. The fraction of sp³-hybridized carbons (Fsp3) is 0.200. The van der Waals surface area contributed by atoms with E-state index in [0.717, 1.165) is 23.5 Å². The summed E-state index contributed by atoms with van der Waals surface area (Å²) >= 11 is 1.10. The molecule has 0 saturated heterocycles. The molecule has 2 N–H and O–H groups in total. The Morgan fingerprint density at radius 2 is 1.93 bits per heavy atom. The van der Waals surface area contributed by atoms with E-state index in [0.29, 0.717) is 15.4 Å². The molecule has 0 radical (unpaired) electrons. The van der Waals surface area contributed by atoms with Gasteiger partial charge in [-0.05, 0) is 48.9 Å². The molecular formula is C20H17F3N2O4S. The minimum absolute atomic E-state index is 0.000437. The van der Waals surface area contributed by atoms with Gasteiger partial charge in [0.1, 0.15) is 12.4 Å². The first-order valence-electron chi connectivity index (χ1n) is 8.77. The monoisotopic (exact) mass is 438 g/mol. The maximum atomic E-state index is 12.7. The Morgan fingerprint density at radius 3 is 2.63 bits per heavy atom. The van der Waals surface area contributed by atoms with E-state index in [9.17, 15) is 22.8 Å². The molecule has 2 aromatic heterocycles. The molecule has 0 fully saturated rings. The lowest BCUT2D eigenvalue weighted by Gasteiger charge is -2.10. The number of carbonyl (C=O) groups is 2. The van der Waals surface area contributed by atoms with Crippen molar-refractivity contribution < 1.29 is 31.9 Å². The average molecular weight is 438 g/mol. The molecule has 1 aromatic carbocycles. The summed E-state index contributed by atoms with van der Waals surface area (Å²) in [6.07, 6.45) is -3.07. The van der Waals surface area contributed by atoms with Gasteiger partial charge in [0.05, 0.1) is 28.2 Å². The van der Waals surface area contributed by atoms with E-state index >= 15 is 0 Å². The van der Waals surface area contributed by atoms with Crippen LogP contribution in [-0.2, 0) is 6.18 Å². The lowest BCUT2D eigenvalue weighted by atomic mass is 10.2. The predicted molar refractivity (Wildman–Crippen MR) is 105 cm³/mol. The zero-order valence-electron chi connectivity index (χ0n) is 15.7. The molecule has 6 nitrogen and oxygen atoms in total. The average Bonchev–Trinajstić information content (AvgIpc) is 3.35. The Kier molecular flexibility index (Phi) is 6.46. The molecule has 158 valence electrons. The molecule has 0 unspecified atom stereocenters. The fourth-order valence-corrected chi connectivity index (χ4v) is 3.51. The molecule has 2 heterocycles. The van der Waals surface area contributed by atoms with Crippen molar-refractivity contribution in [3.05, 3.63) is 70.5 Å². The van der Waals surface area contributed by atoms with Crippen LogP contribution in [0.15, 0.2) is 53.1 Å². The van der Waals surface area contributed by atoms with Gasteiger partial charge in [-0.15, -0.1) is 11.3 Å². The maximum absolute atomic E-state index is 12.7. The number of amides is 2. The maximum Gasteiger partial charge on any atom is 0.416 e. The Labute approximate surface area is 173 Å². The highest BCUT2D eigenvalue weighted by Gasteiger charge is 2.30. The van der Waals surface area contributed by atoms with Gasteiger partial charge in [-0.2, -0.15) is 13.2 Å². The molecule has 3 rings (SSSR count). The van der Waals surface area contributed by atoms with Gasteiger partial charge in [0, 0.05) is 0 Å². The van der Waals surface area contributed by atoms with Crippen LogP contribution in [0.4, 0.5) is 18.2 Å². The highest BCUT2D eigenvalue weighted by Crippen LogP contribution is 2.31. The van der Waals surface area contributed by atoms with E-state index < -0.39 is 17.6 Å². The van der Waals surface area contributed by atoms with E-state index in [1.165, 1.54) is 24.5 Å². The van der Waals surface area contributed by atoms with E-state index in [-0.39, 0.29) is 30.6 Å². The number of alkyl halides is 3. The summed E-state index contributed by atoms with van der Waals surface area (Å²) in [6, 6.07) is 9.30. The molecule has 10 heteroatoms. The normalized spacial score (nSPS) is 11.2. The molecule has 0 bridgehead atoms. The molecule has 0 aliphatic rings. The zero-order chi connectivity index (χ0) is 21.7. The second-order valence-corrected chi connectivity index (χ2v) is 7.24. The van der Waals surface area contributed by atoms with E-state index in [1.807, 2.05) is 0 Å². The summed E-state index contributed by atoms with van der Waals surface area (Å²) in [6.45, 7) is 1.83. The van der Waals surface area contributed by atoms with Gasteiger partial charge in [-0.1, -0.05) is 6.07 Å². The minimum atomic E-state index is -4.45. The Hall–Kier alpha value is -3.27. The highest BCUT2D eigenvalue weighted by atomic mass is 32.1. The molecule has 0 aliphatic heterocycles. The van der Waals surface area contributed by atoms with E-state index in [4.69, 9.17) is 9.15 Å². The van der Waals surface area contributed by atoms with Gasteiger partial charge in [0.15, 0.2) is 5.76 Å². The number of halogens is 3. The second kappa shape index (κ2) is 9.04. The topological polar surface area (TPSA) is 80.6 Å². The first-order valence-corrected chi connectivity index (χ1v) is 9.59. The van der Waals surface area contributed by atoms with Crippen molar-refractivity contribution in [2.45, 2.75) is 13.1 Å². The van der Waals surface area contributed by atoms with Gasteiger partial charge in [-0.25, -0.2) is 0 Å². The van der Waals surface area contributed by atoms with Crippen LogP contribution in [-0.4, -0.2) is 25.0 Å². The lowest BCUT2D eigenvalue weighted by molar-refractivity contribution is -0.137. The number of anilines is 1. The minimum Gasteiger partial charge on any atom is -0.492 e. The van der Waals surface area contributed by atoms with Crippen molar-refractivity contribution in [2.24, 2.45) is 0 Å². The lowest BCUT2D eigenvalue weighted by Crippen LogP contribution is -2.27. The number of carbonyl (C=O) groups excluding carboxylic acids is 2. The third kappa shape index (κ3) is 5.41. The van der Waals surface area contributed by atoms with Gasteiger partial charge in [0.25, 0.3) is 11.8 Å². The fourth-order valence-electron chi connectivity index (χ4n) is 2.53. The zero-order valence-corrected chi connectivity index (χ0v) is 16.5. The molecule has 0 saturated carbocycles. The van der Waals surface area contributed by atoms with Gasteiger partial charge in [-0.3, -0.25) is 9.59 Å². The predicted octanol–water partition coefficient (Wildman–Crippen LogP) is 4.73. The van der Waals surface area contributed by atoms with Crippen molar-refractivity contribution in [3.8, 4) is 5.75 Å². The molecule has 0 aliphatic carbocycles. The van der Waals surface area contributed by atoms with Crippen molar-refractivity contribution in [3.63, 3.8) is 0 Å². The molecule has 3 aromatic rings. The summed E-state index contributed by atoms with van der Waals surface area (Å²) in [4.78, 5) is 24.8. The van der Waals surface area contributed by atoms with Crippen LogP contribution >= 0.6 is 11.3 Å². The van der Waals surface area contributed by atoms with Crippen molar-refractivity contribution in [1.29, 1.82) is 0 Å². The van der Waals surface area contributed by atoms with Crippen LogP contribution in [0.25, 0.3) is 0 Å². The van der Waals surface area contributed by atoms with Gasteiger partial charge >= 0.3 is 6.18 Å². The van der Waals surface area contributed by atoms with Crippen molar-refractivity contribution in [2.75, 3.05) is 18.5 Å². The number of rotatable bonds is 7. The molecule has 0 atom stereocenters. The largest absolute Gasteiger partial charge is 0.492 e. The molecule has 0 spiro atoms. The smallest absolute Gasteiger partial charge is 0.416 e. The Balaban J connectivity index is 1.51. The number of hydrogen-bond donors (Lipinski definition) is 2. The molecule has 2 amide bonds. The van der Waals surface area contributed by atoms with Gasteiger partial charge < -0.3 is 19.8 Å². The summed E-state index contributed by atoms with van der Waals surface area (Å²) in [5.41, 5.74) is -0.131. The quantitative estimate of drug-likeness (QED) is 0.523. The molecular weight excluding hydrogens is 421 g/mol. The third-order valence-corrected chi connectivity index (χ3v) is 5.07. The summed E-state index contributed by atoms with van der Waals surface area (Å²) in [7, 11) is 0. The van der Waals surface area contributed by atoms with Crippen LogP contribution in [0.3, 0.4) is 0 Å². The van der Waals surface area contributed by atoms with Crippen LogP contribution < -0.4 is 15.4 Å². The highest BCUT2D eigenvalue weighted by molar-refractivity contribution is 7.18. The number of thiophene rings is 1. The first kappa shape index (κ1) is 21.4. The Morgan fingerprint density at radius 1 is 1.13 bits per heavy atom. The number of ether oxygens (including phenoxy) is 1. The van der Waals surface area contributed by atoms with Crippen LogP contribution in [0.1, 0.15) is 31.4 Å². The Bertz CT molecular complexity index is 1030. The van der Waals surface area contributed by atoms with E-state index in [1.54, 1.807) is 19.1 Å². The number of benzene rings is 1. The summed E-state index contributed by atoms with van der Waals surface area (Å²) in [5.74, 6) is -0.584. The number of furan rings is 1. The number of aryl methyl sites for hydroxylation is 1. The van der Waals surface area contributed by atoms with Crippen molar-refractivity contribution >= 4 is 28.2 Å². The van der Waals surface area contributed by atoms with Crippen LogP contribution in [0.2, 0.25) is 0 Å².